The second-order valence-corrected chi connectivity index (χ2v) is 10.1. The molecule has 0 rings (SSSR count). The predicted molar refractivity (Wildman–Crippen MR) is 130 cm³/mol. The molecule has 0 aromatic heterocycles. The number of hydrogen-bond donors (Lipinski definition) is 3. The van der Waals surface area contributed by atoms with E-state index in [9.17, 15) is 9.67 Å². The maximum absolute atomic E-state index is 12.1. The number of nitrogens with two attached hydrogens (primary N) is 1. The van der Waals surface area contributed by atoms with Crippen molar-refractivity contribution in [3.8, 4) is 0 Å². The quantitative estimate of drug-likeness (QED) is 0.0843. The third-order valence-electron chi connectivity index (χ3n) is 5.35. The summed E-state index contributed by atoms with van der Waals surface area (Å²) in [6.07, 6.45) is 19.3. The van der Waals surface area contributed by atoms with Gasteiger partial charge in [0.1, 0.15) is 6.10 Å². The van der Waals surface area contributed by atoms with Crippen LogP contribution in [0.2, 0.25) is 0 Å². The number of aliphatic hydroxyl groups is 1. The third-order valence-corrected chi connectivity index (χ3v) is 6.76. The molecule has 2 unspecified atom stereocenters. The van der Waals surface area contributed by atoms with Gasteiger partial charge in [-0.25, -0.2) is 10.0 Å². The molecule has 0 fully saturated rings. The van der Waals surface area contributed by atoms with E-state index in [0.29, 0.717) is 6.54 Å². The van der Waals surface area contributed by atoms with E-state index >= 15 is 0 Å². The van der Waals surface area contributed by atoms with Crippen LogP contribution in [0.4, 0.5) is 0 Å². The molecule has 0 heterocycles. The Bertz CT molecular complexity index is 431. The average Bonchev–Trinajstić information content (AvgIpc) is 2.81. The highest BCUT2D eigenvalue weighted by atomic mass is 31.2. The number of aliphatic hydroxyl groups excluding tert-OH is 1. The number of hydrogen-bond acceptors (Lipinski definition) is 8. The molecule has 0 aromatic carbocycles. The minimum absolute atomic E-state index is 0.0627. The predicted octanol–water partition coefficient (Wildman–Crippen LogP) is 5.49. The Labute approximate surface area is 196 Å². The van der Waals surface area contributed by atoms with Gasteiger partial charge in [-0.05, 0) is 6.42 Å². The van der Waals surface area contributed by atoms with Crippen molar-refractivity contribution in [2.24, 2.45) is 5.73 Å². The van der Waals surface area contributed by atoms with Gasteiger partial charge < -0.3 is 10.8 Å². The van der Waals surface area contributed by atoms with Gasteiger partial charge >= 0.3 is 7.82 Å². The van der Waals surface area contributed by atoms with E-state index in [0.717, 1.165) is 12.8 Å². The molecule has 0 amide bonds. The number of unbranched alkanes of at least 4 members (excludes halogenated alkanes) is 14. The second kappa shape index (κ2) is 24.1. The van der Waals surface area contributed by atoms with Crippen LogP contribution >= 0.6 is 7.82 Å². The Kier molecular flexibility index (Phi) is 24.0. The van der Waals surface area contributed by atoms with Crippen LogP contribution in [-0.2, 0) is 23.0 Å². The van der Waals surface area contributed by atoms with Crippen LogP contribution in [-0.4, -0.2) is 51.2 Å². The largest absolute Gasteiger partial charge is 0.474 e. The van der Waals surface area contributed by atoms with Crippen molar-refractivity contribution in [2.75, 3.05) is 40.0 Å². The number of phosphoric ester groups is 1. The van der Waals surface area contributed by atoms with Crippen LogP contribution in [0.1, 0.15) is 103 Å². The van der Waals surface area contributed by atoms with Crippen LogP contribution < -0.4 is 11.2 Å². The molecular weight excluding hydrogens is 431 g/mol. The summed E-state index contributed by atoms with van der Waals surface area (Å²) in [6.45, 7) is 2.85. The van der Waals surface area contributed by atoms with Crippen LogP contribution in [0.3, 0.4) is 0 Å². The Morgan fingerprint density at radius 2 is 1.34 bits per heavy atom. The first-order valence-corrected chi connectivity index (χ1v) is 14.2. The van der Waals surface area contributed by atoms with Crippen molar-refractivity contribution < 1.29 is 28.1 Å². The molecule has 194 valence electrons. The number of phosphoric acid groups is 1. The minimum atomic E-state index is -3.66. The van der Waals surface area contributed by atoms with Gasteiger partial charge in [0.15, 0.2) is 0 Å². The van der Waals surface area contributed by atoms with E-state index in [-0.39, 0.29) is 26.4 Å². The van der Waals surface area contributed by atoms with E-state index < -0.39 is 13.9 Å². The molecule has 32 heavy (non-hydrogen) atoms. The minimum Gasteiger partial charge on any atom is -0.393 e. The summed E-state index contributed by atoms with van der Waals surface area (Å²) in [6, 6.07) is 0. The lowest BCUT2D eigenvalue weighted by Crippen LogP contribution is -2.31. The summed E-state index contributed by atoms with van der Waals surface area (Å²) in [5, 5.41) is 9.37. The van der Waals surface area contributed by atoms with E-state index in [4.69, 9.17) is 24.1 Å². The van der Waals surface area contributed by atoms with Crippen LogP contribution in [0.25, 0.3) is 0 Å². The molecule has 4 N–H and O–H groups in total. The molecule has 0 saturated heterocycles. The Morgan fingerprint density at radius 1 is 0.844 bits per heavy atom. The molecule has 0 saturated carbocycles. The number of rotatable bonds is 26. The molecule has 0 radical (unpaired) electrons. The summed E-state index contributed by atoms with van der Waals surface area (Å²) in [5.74, 6) is 0. The van der Waals surface area contributed by atoms with Gasteiger partial charge in [-0.3, -0.25) is 18.4 Å². The van der Waals surface area contributed by atoms with Crippen molar-refractivity contribution in [2.45, 2.75) is 109 Å². The third kappa shape index (κ3) is 20.5. The van der Waals surface area contributed by atoms with Crippen molar-refractivity contribution in [1.82, 2.24) is 5.48 Å². The highest BCUT2D eigenvalue weighted by Gasteiger charge is 2.26. The van der Waals surface area contributed by atoms with Crippen LogP contribution in [0, 0.1) is 0 Å². The fourth-order valence-corrected chi connectivity index (χ4v) is 4.31. The Hall–Kier alpha value is -0.0500. The molecular formula is C23H51N2O6P. The molecule has 0 aliphatic heterocycles. The fraction of sp³-hybridized carbons (Fsp3) is 1.00. The van der Waals surface area contributed by atoms with Crippen LogP contribution in [0.5, 0.6) is 0 Å². The summed E-state index contributed by atoms with van der Waals surface area (Å²) >= 11 is 0. The van der Waals surface area contributed by atoms with Crippen molar-refractivity contribution >= 4 is 7.82 Å². The van der Waals surface area contributed by atoms with Gasteiger partial charge in [0.05, 0.1) is 19.8 Å². The summed E-state index contributed by atoms with van der Waals surface area (Å²) < 4.78 is 27.0. The Morgan fingerprint density at radius 3 is 1.78 bits per heavy atom. The molecule has 0 aromatic rings. The van der Waals surface area contributed by atoms with E-state index in [1.54, 1.807) is 0 Å². The van der Waals surface area contributed by atoms with Crippen molar-refractivity contribution in [3.05, 3.63) is 0 Å². The monoisotopic (exact) mass is 482 g/mol. The zero-order valence-corrected chi connectivity index (χ0v) is 21.6. The number of nitrogens with one attached hydrogen (secondary N) is 1. The summed E-state index contributed by atoms with van der Waals surface area (Å²) in [4.78, 5) is 5.37. The van der Waals surface area contributed by atoms with Gasteiger partial charge in [0.2, 0.25) is 0 Å². The summed E-state index contributed by atoms with van der Waals surface area (Å²) in [5.41, 5.74) is 8.17. The lowest BCUT2D eigenvalue weighted by Gasteiger charge is -2.19. The molecule has 0 aliphatic carbocycles. The second-order valence-electron chi connectivity index (χ2n) is 8.31. The van der Waals surface area contributed by atoms with Gasteiger partial charge in [-0.15, -0.1) is 0 Å². The highest BCUT2D eigenvalue weighted by molar-refractivity contribution is 7.48. The Balaban J connectivity index is 3.46. The average molecular weight is 483 g/mol. The normalized spacial score (nSPS) is 14.5. The maximum atomic E-state index is 12.1. The SMILES string of the molecule is CCCCCCCCCCCCCCCCCNOC(CO)COP(=O)(OC)OCCN. The fourth-order valence-electron chi connectivity index (χ4n) is 3.35. The van der Waals surface area contributed by atoms with Gasteiger partial charge in [-0.2, -0.15) is 0 Å². The highest BCUT2D eigenvalue weighted by Crippen LogP contribution is 2.48. The molecule has 9 heteroatoms. The van der Waals surface area contributed by atoms with E-state index in [1.165, 1.54) is 90.6 Å². The van der Waals surface area contributed by atoms with Gasteiger partial charge in [0, 0.05) is 20.2 Å². The molecule has 0 aliphatic rings. The number of hydroxylamine groups is 1. The van der Waals surface area contributed by atoms with E-state index in [2.05, 4.69) is 12.4 Å². The molecule has 0 spiro atoms. The zero-order valence-electron chi connectivity index (χ0n) is 20.7. The summed E-state index contributed by atoms with van der Waals surface area (Å²) in [7, 11) is -2.42. The van der Waals surface area contributed by atoms with Crippen LogP contribution in [0.15, 0.2) is 0 Å². The van der Waals surface area contributed by atoms with Crippen molar-refractivity contribution in [1.29, 1.82) is 0 Å². The standard InChI is InChI=1S/C23H51N2O6P/c1-3-4-5-6-7-8-9-10-11-12-13-14-15-16-17-19-25-31-23(21-26)22-30-32(27,28-2)29-20-18-24/h23,25-26H,3-22,24H2,1-2H3. The van der Waals surface area contributed by atoms with Gasteiger partial charge in [0.25, 0.3) is 0 Å². The van der Waals surface area contributed by atoms with E-state index in [1.807, 2.05) is 0 Å². The zero-order chi connectivity index (χ0) is 23.8. The maximum Gasteiger partial charge on any atom is 0.474 e. The first-order valence-electron chi connectivity index (χ1n) is 12.8. The lowest BCUT2D eigenvalue weighted by atomic mass is 10.0. The lowest BCUT2D eigenvalue weighted by molar-refractivity contribution is -0.0738. The van der Waals surface area contributed by atoms with Crippen molar-refractivity contribution in [3.63, 3.8) is 0 Å². The van der Waals surface area contributed by atoms with Gasteiger partial charge in [-0.1, -0.05) is 96.8 Å². The molecule has 0 bridgehead atoms. The molecule has 2 atom stereocenters. The molecule has 8 nitrogen and oxygen atoms in total. The smallest absolute Gasteiger partial charge is 0.393 e. The first-order chi connectivity index (χ1) is 15.6. The first kappa shape index (κ1) is 31.9. The topological polar surface area (TPSA) is 112 Å².